The molecule has 0 amide bonds. The summed E-state index contributed by atoms with van der Waals surface area (Å²) in [6, 6.07) is 8.21. The summed E-state index contributed by atoms with van der Waals surface area (Å²) in [7, 11) is 5.71. The largest absolute Gasteiger partial charge is 0.316 e. The molecule has 0 aliphatic carbocycles. The van der Waals surface area contributed by atoms with Crippen molar-refractivity contribution in [2.75, 3.05) is 13.1 Å². The molecule has 2 heteroatoms. The number of nitrogens with one attached hydrogen (secondary N) is 1. The molecule has 1 aromatic rings. The van der Waals surface area contributed by atoms with Gasteiger partial charge in [0, 0.05) is 6.54 Å². The van der Waals surface area contributed by atoms with E-state index in [1.54, 1.807) is 0 Å². The summed E-state index contributed by atoms with van der Waals surface area (Å²) in [5, 5.41) is 3.35. The van der Waals surface area contributed by atoms with Gasteiger partial charge in [0.15, 0.2) is 0 Å². The van der Waals surface area contributed by atoms with E-state index >= 15 is 0 Å². The second-order valence-electron chi connectivity index (χ2n) is 3.36. The second kappa shape index (κ2) is 3.32. The summed E-state index contributed by atoms with van der Waals surface area (Å²) in [5.74, 6) is 0.675. The first-order valence-corrected chi connectivity index (χ1v) is 4.42. The average Bonchev–Trinajstić information content (AvgIpc) is 2.56. The van der Waals surface area contributed by atoms with Gasteiger partial charge in [0.1, 0.15) is 7.85 Å². The Morgan fingerprint density at radius 3 is 3.00 bits per heavy atom. The lowest BCUT2D eigenvalue weighted by atomic mass is 9.90. The van der Waals surface area contributed by atoms with Gasteiger partial charge in [-0.25, -0.2) is 0 Å². The predicted molar refractivity (Wildman–Crippen MR) is 52.1 cm³/mol. The monoisotopic (exact) mass is 157 g/mol. The molecule has 0 saturated carbocycles. The van der Waals surface area contributed by atoms with Crippen molar-refractivity contribution in [3.05, 3.63) is 29.8 Å². The van der Waals surface area contributed by atoms with Crippen LogP contribution in [0.2, 0.25) is 0 Å². The molecular weight excluding hydrogens is 145 g/mol. The van der Waals surface area contributed by atoms with E-state index in [1.165, 1.54) is 12.0 Å². The van der Waals surface area contributed by atoms with Crippen LogP contribution < -0.4 is 10.8 Å². The Balaban J connectivity index is 2.21. The Labute approximate surface area is 74.6 Å². The van der Waals surface area contributed by atoms with Crippen molar-refractivity contribution in [1.29, 1.82) is 0 Å². The van der Waals surface area contributed by atoms with Crippen LogP contribution in [0.3, 0.4) is 0 Å². The van der Waals surface area contributed by atoms with E-state index in [2.05, 4.69) is 17.4 Å². The Morgan fingerprint density at radius 1 is 1.42 bits per heavy atom. The zero-order valence-corrected chi connectivity index (χ0v) is 7.09. The van der Waals surface area contributed by atoms with Gasteiger partial charge in [0.25, 0.3) is 0 Å². The highest BCUT2D eigenvalue weighted by Crippen LogP contribution is 2.20. The molecule has 1 aliphatic rings. The number of benzene rings is 1. The van der Waals surface area contributed by atoms with Gasteiger partial charge >= 0.3 is 0 Å². The molecule has 1 heterocycles. The number of hydrogen-bond acceptors (Lipinski definition) is 1. The minimum absolute atomic E-state index is 0.675. The van der Waals surface area contributed by atoms with Gasteiger partial charge in [-0.05, 0) is 24.4 Å². The second-order valence-corrected chi connectivity index (χ2v) is 3.36. The fourth-order valence-electron chi connectivity index (χ4n) is 1.75. The molecule has 2 radical (unpaired) electrons. The Kier molecular flexibility index (Phi) is 2.18. The Morgan fingerprint density at radius 2 is 2.33 bits per heavy atom. The van der Waals surface area contributed by atoms with Gasteiger partial charge in [-0.1, -0.05) is 29.7 Å². The van der Waals surface area contributed by atoms with Crippen LogP contribution in [0, 0.1) is 0 Å². The summed E-state index contributed by atoms with van der Waals surface area (Å²) >= 11 is 0. The van der Waals surface area contributed by atoms with Crippen LogP contribution in [-0.4, -0.2) is 20.9 Å². The van der Waals surface area contributed by atoms with Crippen LogP contribution in [-0.2, 0) is 0 Å². The van der Waals surface area contributed by atoms with Gasteiger partial charge in [-0.15, -0.1) is 0 Å². The van der Waals surface area contributed by atoms with Gasteiger partial charge < -0.3 is 5.32 Å². The van der Waals surface area contributed by atoms with Crippen LogP contribution in [0.5, 0.6) is 0 Å². The lowest BCUT2D eigenvalue weighted by molar-refractivity contribution is 0.764. The topological polar surface area (TPSA) is 12.0 Å². The van der Waals surface area contributed by atoms with E-state index in [0.717, 1.165) is 18.6 Å². The van der Waals surface area contributed by atoms with Crippen LogP contribution in [0.25, 0.3) is 0 Å². The third-order valence-electron chi connectivity index (χ3n) is 2.44. The fraction of sp³-hybridized carbons (Fsp3) is 0.400. The Hall–Kier alpha value is -0.755. The molecule has 1 saturated heterocycles. The molecule has 0 spiro atoms. The first kappa shape index (κ1) is 7.87. The molecular formula is C10H12BN. The summed E-state index contributed by atoms with van der Waals surface area (Å²) in [4.78, 5) is 0. The average molecular weight is 157 g/mol. The standard InChI is InChI=1S/C10H12BN/c11-10-3-1-2-8(6-10)9-4-5-12-7-9/h1-3,6,9,12H,4-5,7H2. The van der Waals surface area contributed by atoms with Crippen molar-refractivity contribution in [1.82, 2.24) is 5.32 Å². The summed E-state index contributed by atoms with van der Waals surface area (Å²) in [5.41, 5.74) is 2.25. The van der Waals surface area contributed by atoms with E-state index in [4.69, 9.17) is 7.85 Å². The van der Waals surface area contributed by atoms with Crippen molar-refractivity contribution in [3.8, 4) is 0 Å². The maximum Gasteiger partial charge on any atom is 0.113 e. The lowest BCUT2D eigenvalue weighted by Gasteiger charge is -2.08. The maximum absolute atomic E-state index is 5.71. The molecule has 1 nitrogen and oxygen atoms in total. The molecule has 60 valence electrons. The predicted octanol–water partition coefficient (Wildman–Crippen LogP) is 0.557. The summed E-state index contributed by atoms with van der Waals surface area (Å²) in [6.07, 6.45) is 1.24. The van der Waals surface area contributed by atoms with E-state index in [9.17, 15) is 0 Å². The highest BCUT2D eigenvalue weighted by atomic mass is 14.9. The molecule has 1 aliphatic heterocycles. The van der Waals surface area contributed by atoms with Crippen molar-refractivity contribution < 1.29 is 0 Å². The van der Waals surface area contributed by atoms with Gasteiger partial charge in [-0.2, -0.15) is 0 Å². The quantitative estimate of drug-likeness (QED) is 0.587. The van der Waals surface area contributed by atoms with Crippen LogP contribution in [0.15, 0.2) is 24.3 Å². The van der Waals surface area contributed by atoms with Gasteiger partial charge in [0.2, 0.25) is 0 Å². The zero-order valence-electron chi connectivity index (χ0n) is 7.09. The zero-order chi connectivity index (χ0) is 8.39. The normalized spacial score (nSPS) is 22.8. The van der Waals surface area contributed by atoms with Crippen LogP contribution >= 0.6 is 0 Å². The van der Waals surface area contributed by atoms with Crippen LogP contribution in [0.4, 0.5) is 0 Å². The minimum atomic E-state index is 0.675. The van der Waals surface area contributed by atoms with Gasteiger partial charge in [0.05, 0.1) is 0 Å². The van der Waals surface area contributed by atoms with Crippen LogP contribution in [0.1, 0.15) is 17.9 Å². The highest BCUT2D eigenvalue weighted by molar-refractivity contribution is 6.32. The first-order valence-electron chi connectivity index (χ1n) is 4.42. The molecule has 1 fully saturated rings. The number of hydrogen-bond donors (Lipinski definition) is 1. The van der Waals surface area contributed by atoms with E-state index < -0.39 is 0 Å². The molecule has 12 heavy (non-hydrogen) atoms. The van der Waals surface area contributed by atoms with E-state index in [1.807, 2.05) is 12.1 Å². The van der Waals surface area contributed by atoms with E-state index in [0.29, 0.717) is 5.92 Å². The highest BCUT2D eigenvalue weighted by Gasteiger charge is 2.15. The third-order valence-corrected chi connectivity index (χ3v) is 2.44. The Bertz CT molecular complexity index is 266. The molecule has 1 N–H and O–H groups in total. The summed E-state index contributed by atoms with van der Waals surface area (Å²) < 4.78 is 0. The molecule has 2 rings (SSSR count). The van der Waals surface area contributed by atoms with Crippen molar-refractivity contribution in [2.24, 2.45) is 0 Å². The molecule has 0 aromatic heterocycles. The maximum atomic E-state index is 5.71. The lowest BCUT2D eigenvalue weighted by Crippen LogP contribution is -2.10. The van der Waals surface area contributed by atoms with Gasteiger partial charge in [-0.3, -0.25) is 0 Å². The fourth-order valence-corrected chi connectivity index (χ4v) is 1.75. The summed E-state index contributed by atoms with van der Waals surface area (Å²) in [6.45, 7) is 2.24. The van der Waals surface area contributed by atoms with Crippen molar-refractivity contribution >= 4 is 13.3 Å². The smallest absolute Gasteiger partial charge is 0.113 e. The molecule has 0 bridgehead atoms. The number of rotatable bonds is 1. The minimum Gasteiger partial charge on any atom is -0.316 e. The molecule has 1 aromatic carbocycles. The van der Waals surface area contributed by atoms with E-state index in [-0.39, 0.29) is 0 Å². The first-order chi connectivity index (χ1) is 5.86. The third kappa shape index (κ3) is 1.53. The van der Waals surface area contributed by atoms with Crippen molar-refractivity contribution in [2.45, 2.75) is 12.3 Å². The van der Waals surface area contributed by atoms with Crippen molar-refractivity contribution in [3.63, 3.8) is 0 Å². The molecule has 1 atom stereocenters. The molecule has 1 unspecified atom stereocenters. The SMILES string of the molecule is [B]c1cccc(C2CCNC2)c1.